The number of anilines is 1. The zero-order chi connectivity index (χ0) is 14.8. The highest BCUT2D eigenvalue weighted by Gasteiger charge is 2.23. The monoisotopic (exact) mass is 305 g/mol. The summed E-state index contributed by atoms with van der Waals surface area (Å²) in [4.78, 5) is 15.2. The molecule has 3 rings (SSSR count). The smallest absolute Gasteiger partial charge is 0.301 e. The summed E-state index contributed by atoms with van der Waals surface area (Å²) in [6.07, 6.45) is 3.17. The van der Waals surface area contributed by atoms with Crippen molar-refractivity contribution in [2.45, 2.75) is 18.9 Å². The molecule has 7 heteroatoms. The van der Waals surface area contributed by atoms with Gasteiger partial charge in [0.1, 0.15) is 5.69 Å². The Bertz CT molecular complexity index is 710. The Morgan fingerprint density at radius 2 is 2.05 bits per heavy atom. The molecule has 6 nitrogen and oxygen atoms in total. The lowest BCUT2D eigenvalue weighted by Gasteiger charge is -2.23. The third-order valence-corrected chi connectivity index (χ3v) is 5.07. The summed E-state index contributed by atoms with van der Waals surface area (Å²) in [6.45, 7) is 0. The quantitative estimate of drug-likeness (QED) is 0.695. The number of rotatable bonds is 3. The van der Waals surface area contributed by atoms with Crippen molar-refractivity contribution in [3.8, 4) is 0 Å². The van der Waals surface area contributed by atoms with Crippen molar-refractivity contribution in [3.63, 3.8) is 0 Å². The largest absolute Gasteiger partial charge is 0.377 e. The van der Waals surface area contributed by atoms with Crippen LogP contribution in [0.15, 0.2) is 30.5 Å². The predicted molar refractivity (Wildman–Crippen MR) is 82.9 cm³/mol. The third-order valence-electron chi connectivity index (χ3n) is 3.69. The van der Waals surface area contributed by atoms with Gasteiger partial charge in [-0.1, -0.05) is 0 Å². The maximum Gasteiger partial charge on any atom is 0.301 e. The topological polar surface area (TPSA) is 85.1 Å². The Labute approximate surface area is 124 Å². The van der Waals surface area contributed by atoms with Gasteiger partial charge in [-0.25, -0.2) is 0 Å². The van der Waals surface area contributed by atoms with Gasteiger partial charge >= 0.3 is 5.69 Å². The second-order valence-electron chi connectivity index (χ2n) is 5.06. The number of nitrogens with one attached hydrogen (secondary N) is 1. The number of nitro benzene ring substituents is 1. The van der Waals surface area contributed by atoms with E-state index < -0.39 is 10.8 Å². The first kappa shape index (κ1) is 13.9. The minimum atomic E-state index is -0.739. The van der Waals surface area contributed by atoms with Crippen LogP contribution in [0.25, 0.3) is 10.9 Å². The van der Waals surface area contributed by atoms with Gasteiger partial charge in [0.2, 0.25) is 0 Å². The molecule has 0 aliphatic carbocycles. The number of pyridine rings is 1. The van der Waals surface area contributed by atoms with Gasteiger partial charge in [0.05, 0.1) is 15.8 Å². The van der Waals surface area contributed by atoms with E-state index in [-0.39, 0.29) is 16.7 Å². The highest BCUT2D eigenvalue weighted by Crippen LogP contribution is 2.33. The van der Waals surface area contributed by atoms with E-state index in [9.17, 15) is 14.3 Å². The molecule has 1 aromatic carbocycles. The van der Waals surface area contributed by atoms with Crippen molar-refractivity contribution in [2.75, 3.05) is 16.8 Å². The summed E-state index contributed by atoms with van der Waals surface area (Å²) in [5.41, 5.74) is 1.19. The lowest BCUT2D eigenvalue weighted by Crippen LogP contribution is -2.29. The van der Waals surface area contributed by atoms with Gasteiger partial charge in [-0.15, -0.1) is 0 Å². The number of hydrogen-bond donors (Lipinski definition) is 1. The standard InChI is InChI=1S/C14H15N3O3S/c18-17(19)14-11-2-1-7-15-12(11)3-4-13(14)16-10-5-8-21(20)9-6-10/h1-4,7,10,16H,5-6,8-9H2. The van der Waals surface area contributed by atoms with E-state index in [2.05, 4.69) is 10.3 Å². The number of aromatic nitrogens is 1. The average molecular weight is 305 g/mol. The number of benzene rings is 1. The first-order valence-corrected chi connectivity index (χ1v) is 8.27. The Kier molecular flexibility index (Phi) is 3.83. The number of hydrogen-bond acceptors (Lipinski definition) is 5. The minimum Gasteiger partial charge on any atom is -0.377 e. The number of fused-ring (bicyclic) bond motifs is 1. The van der Waals surface area contributed by atoms with Crippen molar-refractivity contribution >= 4 is 33.1 Å². The highest BCUT2D eigenvalue weighted by atomic mass is 32.2. The number of nitro groups is 1. The van der Waals surface area contributed by atoms with Crippen LogP contribution in [-0.4, -0.2) is 31.7 Å². The van der Waals surface area contributed by atoms with E-state index in [0.29, 0.717) is 28.1 Å². The van der Waals surface area contributed by atoms with E-state index in [4.69, 9.17) is 0 Å². The lowest BCUT2D eigenvalue weighted by molar-refractivity contribution is -0.382. The van der Waals surface area contributed by atoms with Crippen LogP contribution in [0.5, 0.6) is 0 Å². The zero-order valence-corrected chi connectivity index (χ0v) is 12.1. The fourth-order valence-electron chi connectivity index (χ4n) is 2.61. The van der Waals surface area contributed by atoms with Crippen LogP contribution in [0.1, 0.15) is 12.8 Å². The summed E-state index contributed by atoms with van der Waals surface area (Å²) in [5, 5.41) is 15.2. The second kappa shape index (κ2) is 5.77. The van der Waals surface area contributed by atoms with Crippen molar-refractivity contribution in [3.05, 3.63) is 40.6 Å². The van der Waals surface area contributed by atoms with Crippen LogP contribution < -0.4 is 5.32 Å². The maximum absolute atomic E-state index is 11.4. The van der Waals surface area contributed by atoms with Crippen molar-refractivity contribution < 1.29 is 9.13 Å². The first-order valence-electron chi connectivity index (χ1n) is 6.79. The molecule has 1 saturated heterocycles. The molecule has 0 atom stereocenters. The summed E-state index contributed by atoms with van der Waals surface area (Å²) in [7, 11) is -0.739. The molecular weight excluding hydrogens is 290 g/mol. The van der Waals surface area contributed by atoms with Crippen molar-refractivity contribution in [1.82, 2.24) is 4.98 Å². The van der Waals surface area contributed by atoms with Gasteiger partial charge in [0.15, 0.2) is 0 Å². The molecule has 1 aliphatic heterocycles. The van der Waals surface area contributed by atoms with Crippen LogP contribution in [0, 0.1) is 10.1 Å². The van der Waals surface area contributed by atoms with Gasteiger partial charge < -0.3 is 5.32 Å². The van der Waals surface area contributed by atoms with Crippen molar-refractivity contribution in [2.24, 2.45) is 0 Å². The first-order chi connectivity index (χ1) is 10.1. The van der Waals surface area contributed by atoms with E-state index in [0.717, 1.165) is 12.8 Å². The molecule has 0 amide bonds. The normalized spacial score (nSPS) is 22.1. The predicted octanol–water partition coefficient (Wildman–Crippen LogP) is 2.47. The molecule has 21 heavy (non-hydrogen) atoms. The van der Waals surface area contributed by atoms with Gasteiger partial charge in [-0.05, 0) is 37.1 Å². The Hall–Kier alpha value is -2.02. The van der Waals surface area contributed by atoms with Gasteiger partial charge in [-0.2, -0.15) is 0 Å². The van der Waals surface area contributed by atoms with Gasteiger partial charge in [0.25, 0.3) is 0 Å². The molecular formula is C14H15N3O3S. The Balaban J connectivity index is 1.96. The Morgan fingerprint density at radius 1 is 1.29 bits per heavy atom. The van der Waals surface area contributed by atoms with E-state index in [1.54, 1.807) is 30.5 Å². The summed E-state index contributed by atoms with van der Waals surface area (Å²) in [5.74, 6) is 1.31. The highest BCUT2D eigenvalue weighted by molar-refractivity contribution is 7.85. The average Bonchev–Trinajstić information content (AvgIpc) is 2.49. The molecule has 0 saturated carbocycles. The minimum absolute atomic E-state index is 0.0623. The molecule has 1 aromatic heterocycles. The van der Waals surface area contributed by atoms with Gasteiger partial charge in [-0.3, -0.25) is 19.3 Å². The molecule has 1 aliphatic rings. The van der Waals surface area contributed by atoms with E-state index >= 15 is 0 Å². The molecule has 2 heterocycles. The fraction of sp³-hybridized carbons (Fsp3) is 0.357. The maximum atomic E-state index is 11.4. The zero-order valence-electron chi connectivity index (χ0n) is 11.3. The van der Waals surface area contributed by atoms with Crippen LogP contribution in [-0.2, 0) is 10.8 Å². The van der Waals surface area contributed by atoms with E-state index in [1.807, 2.05) is 0 Å². The molecule has 0 bridgehead atoms. The van der Waals surface area contributed by atoms with Crippen LogP contribution in [0.2, 0.25) is 0 Å². The van der Waals surface area contributed by atoms with Crippen LogP contribution in [0.4, 0.5) is 11.4 Å². The van der Waals surface area contributed by atoms with Crippen LogP contribution >= 0.6 is 0 Å². The molecule has 2 aromatic rings. The summed E-state index contributed by atoms with van der Waals surface area (Å²) >= 11 is 0. The SMILES string of the molecule is O=[N+]([O-])c1c(NC2CCS(=O)CC2)ccc2ncccc12. The molecule has 0 unspecified atom stereocenters. The summed E-state index contributed by atoms with van der Waals surface area (Å²) < 4.78 is 11.4. The lowest BCUT2D eigenvalue weighted by atomic mass is 10.1. The molecule has 0 radical (unpaired) electrons. The third kappa shape index (κ3) is 2.87. The fourth-order valence-corrected chi connectivity index (χ4v) is 3.91. The number of nitrogens with zero attached hydrogens (tertiary/aromatic N) is 2. The van der Waals surface area contributed by atoms with Crippen molar-refractivity contribution in [1.29, 1.82) is 0 Å². The molecule has 0 spiro atoms. The van der Waals surface area contributed by atoms with Gasteiger partial charge in [0, 0.05) is 34.5 Å². The Morgan fingerprint density at radius 3 is 2.76 bits per heavy atom. The molecule has 110 valence electrons. The summed E-state index contributed by atoms with van der Waals surface area (Å²) in [6, 6.07) is 7.03. The molecule has 1 fully saturated rings. The second-order valence-corrected chi connectivity index (χ2v) is 6.75. The van der Waals surface area contributed by atoms with Crippen LogP contribution in [0.3, 0.4) is 0 Å². The van der Waals surface area contributed by atoms with E-state index in [1.165, 1.54) is 0 Å². The molecule has 1 N–H and O–H groups in total.